The van der Waals surface area contributed by atoms with Crippen molar-refractivity contribution in [3.8, 4) is 0 Å². The van der Waals surface area contributed by atoms with Crippen LogP contribution in [0.25, 0.3) is 0 Å². The number of nitrogens with one attached hydrogen (secondary N) is 1. The number of rotatable bonds is 3. The summed E-state index contributed by atoms with van der Waals surface area (Å²) in [6, 6.07) is 4.10. The van der Waals surface area contributed by atoms with Gasteiger partial charge in [0.25, 0.3) is 0 Å². The monoisotopic (exact) mass is 339 g/mol. The van der Waals surface area contributed by atoms with Gasteiger partial charge in [-0.1, -0.05) is 20.8 Å². The van der Waals surface area contributed by atoms with Crippen molar-refractivity contribution < 1.29 is 0 Å². The lowest BCUT2D eigenvalue weighted by atomic mass is 9.93. The maximum Gasteiger partial charge on any atom is 0.126 e. The predicted octanol–water partition coefficient (Wildman–Crippen LogP) is 4.77. The van der Waals surface area contributed by atoms with E-state index in [2.05, 4.69) is 59.3 Å². The Balaban J connectivity index is 2.09. The van der Waals surface area contributed by atoms with Crippen LogP contribution in [0.1, 0.15) is 44.4 Å². The molecular weight excluding hydrogens is 322 g/mol. The standard InChI is InChI=1S/C14H18BrN3S/c1-9(17-12-6-5-10(15)7-16-12)13-18-11(8-19-13)14(2,3)4/h5-9H,1-4H3,(H,16,17). The Morgan fingerprint density at radius 1 is 1.32 bits per heavy atom. The topological polar surface area (TPSA) is 37.8 Å². The average Bonchev–Trinajstić information content (AvgIpc) is 2.81. The van der Waals surface area contributed by atoms with Crippen molar-refractivity contribution in [2.24, 2.45) is 0 Å². The van der Waals surface area contributed by atoms with Crippen LogP contribution in [0.3, 0.4) is 0 Å². The van der Waals surface area contributed by atoms with Crippen LogP contribution in [0, 0.1) is 0 Å². The number of hydrogen-bond donors (Lipinski definition) is 1. The minimum atomic E-state index is 0.102. The lowest BCUT2D eigenvalue weighted by Crippen LogP contribution is -2.13. The van der Waals surface area contributed by atoms with Crippen LogP contribution in [-0.4, -0.2) is 9.97 Å². The third kappa shape index (κ3) is 3.76. The zero-order valence-corrected chi connectivity index (χ0v) is 14.0. The van der Waals surface area contributed by atoms with Gasteiger partial charge in [-0.25, -0.2) is 9.97 Å². The molecule has 0 radical (unpaired) electrons. The molecule has 2 rings (SSSR count). The Labute approximate surface area is 126 Å². The maximum absolute atomic E-state index is 4.71. The summed E-state index contributed by atoms with van der Waals surface area (Å²) < 4.78 is 0.981. The Bertz CT molecular complexity index is 543. The van der Waals surface area contributed by atoms with Gasteiger partial charge in [-0.2, -0.15) is 0 Å². The fraction of sp³-hybridized carbons (Fsp3) is 0.429. The summed E-state index contributed by atoms with van der Waals surface area (Å²) in [4.78, 5) is 9.03. The van der Waals surface area contributed by atoms with E-state index in [0.717, 1.165) is 21.0 Å². The number of hydrogen-bond acceptors (Lipinski definition) is 4. The second-order valence-corrected chi connectivity index (χ2v) is 7.35. The summed E-state index contributed by atoms with van der Waals surface area (Å²) in [5.74, 6) is 0.864. The molecule has 1 N–H and O–H groups in total. The third-order valence-corrected chi connectivity index (χ3v) is 4.25. The number of nitrogens with zero attached hydrogens (tertiary/aromatic N) is 2. The van der Waals surface area contributed by atoms with E-state index in [1.54, 1.807) is 17.5 Å². The molecule has 2 heterocycles. The van der Waals surface area contributed by atoms with Gasteiger partial charge in [0, 0.05) is 21.5 Å². The van der Waals surface area contributed by atoms with E-state index in [4.69, 9.17) is 4.98 Å². The van der Waals surface area contributed by atoms with Gasteiger partial charge in [-0.15, -0.1) is 11.3 Å². The fourth-order valence-corrected chi connectivity index (χ4v) is 2.86. The lowest BCUT2D eigenvalue weighted by molar-refractivity contribution is 0.569. The molecular formula is C14H18BrN3S. The lowest BCUT2D eigenvalue weighted by Gasteiger charge is -2.15. The van der Waals surface area contributed by atoms with Gasteiger partial charge in [0.05, 0.1) is 11.7 Å². The molecule has 2 aromatic heterocycles. The van der Waals surface area contributed by atoms with Crippen LogP contribution in [0.2, 0.25) is 0 Å². The second kappa shape index (κ2) is 5.59. The highest BCUT2D eigenvalue weighted by molar-refractivity contribution is 9.10. The van der Waals surface area contributed by atoms with Crippen LogP contribution in [0.5, 0.6) is 0 Å². The molecule has 0 aliphatic heterocycles. The zero-order valence-electron chi connectivity index (χ0n) is 11.6. The van der Waals surface area contributed by atoms with E-state index < -0.39 is 0 Å². The van der Waals surface area contributed by atoms with Crippen molar-refractivity contribution in [3.63, 3.8) is 0 Å². The molecule has 1 atom stereocenters. The molecule has 0 aliphatic rings. The first-order chi connectivity index (χ1) is 8.86. The van der Waals surface area contributed by atoms with Crippen molar-refractivity contribution in [1.29, 1.82) is 0 Å². The summed E-state index contributed by atoms with van der Waals surface area (Å²) >= 11 is 5.08. The van der Waals surface area contributed by atoms with Gasteiger partial charge in [0.15, 0.2) is 0 Å². The molecule has 0 amide bonds. The van der Waals surface area contributed by atoms with Gasteiger partial charge in [0.1, 0.15) is 10.8 Å². The quantitative estimate of drug-likeness (QED) is 0.874. The summed E-state index contributed by atoms with van der Waals surface area (Å²) in [5.41, 5.74) is 1.24. The molecule has 0 bridgehead atoms. The summed E-state index contributed by atoms with van der Waals surface area (Å²) in [6.07, 6.45) is 1.79. The van der Waals surface area contributed by atoms with Gasteiger partial charge in [0.2, 0.25) is 0 Å². The van der Waals surface area contributed by atoms with Crippen LogP contribution in [-0.2, 0) is 5.41 Å². The van der Waals surface area contributed by atoms with E-state index in [0.29, 0.717) is 0 Å². The van der Waals surface area contributed by atoms with Crippen LogP contribution >= 0.6 is 27.3 Å². The average molecular weight is 340 g/mol. The molecule has 19 heavy (non-hydrogen) atoms. The van der Waals surface area contributed by atoms with E-state index in [1.807, 2.05) is 12.1 Å². The molecule has 2 aromatic rings. The molecule has 0 aromatic carbocycles. The highest BCUT2D eigenvalue weighted by Crippen LogP contribution is 2.28. The number of aromatic nitrogens is 2. The van der Waals surface area contributed by atoms with Crippen molar-refractivity contribution in [3.05, 3.63) is 38.9 Å². The van der Waals surface area contributed by atoms with Crippen molar-refractivity contribution in [1.82, 2.24) is 9.97 Å². The molecule has 3 nitrogen and oxygen atoms in total. The highest BCUT2D eigenvalue weighted by Gasteiger charge is 2.19. The summed E-state index contributed by atoms with van der Waals surface area (Å²) in [6.45, 7) is 8.65. The van der Waals surface area contributed by atoms with Gasteiger partial charge in [-0.05, 0) is 35.0 Å². The largest absolute Gasteiger partial charge is 0.361 e. The fourth-order valence-electron chi connectivity index (χ4n) is 1.58. The van der Waals surface area contributed by atoms with Crippen LogP contribution in [0.4, 0.5) is 5.82 Å². The molecule has 5 heteroatoms. The molecule has 0 saturated heterocycles. The van der Waals surface area contributed by atoms with Gasteiger partial charge < -0.3 is 5.32 Å². The first-order valence-corrected chi connectivity index (χ1v) is 7.87. The second-order valence-electron chi connectivity index (χ2n) is 5.55. The molecule has 0 aliphatic carbocycles. The van der Waals surface area contributed by atoms with E-state index in [9.17, 15) is 0 Å². The Morgan fingerprint density at radius 3 is 2.58 bits per heavy atom. The van der Waals surface area contributed by atoms with Crippen LogP contribution in [0.15, 0.2) is 28.2 Å². The predicted molar refractivity (Wildman–Crippen MR) is 84.8 cm³/mol. The molecule has 1 unspecified atom stereocenters. The molecule has 0 saturated carbocycles. The normalized spacial score (nSPS) is 13.3. The maximum atomic E-state index is 4.71. The molecule has 0 fully saturated rings. The van der Waals surface area contributed by atoms with Crippen molar-refractivity contribution >= 4 is 33.1 Å². The van der Waals surface area contributed by atoms with Crippen molar-refractivity contribution in [2.75, 3.05) is 5.32 Å². The Morgan fingerprint density at radius 2 is 2.05 bits per heavy atom. The number of anilines is 1. The minimum absolute atomic E-state index is 0.102. The smallest absolute Gasteiger partial charge is 0.126 e. The van der Waals surface area contributed by atoms with Crippen LogP contribution < -0.4 is 5.32 Å². The Kier molecular flexibility index (Phi) is 4.26. The number of pyridine rings is 1. The molecule has 102 valence electrons. The van der Waals surface area contributed by atoms with Crippen molar-refractivity contribution in [2.45, 2.75) is 39.2 Å². The number of halogens is 1. The third-order valence-electron chi connectivity index (χ3n) is 2.75. The van der Waals surface area contributed by atoms with Gasteiger partial charge in [-0.3, -0.25) is 0 Å². The number of thiazole rings is 1. The summed E-state index contributed by atoms with van der Waals surface area (Å²) in [7, 11) is 0. The van der Waals surface area contributed by atoms with Gasteiger partial charge >= 0.3 is 0 Å². The highest BCUT2D eigenvalue weighted by atomic mass is 79.9. The molecule has 0 spiro atoms. The SMILES string of the molecule is CC(Nc1ccc(Br)cn1)c1nc(C(C)(C)C)cs1. The summed E-state index contributed by atoms with van der Waals surface area (Å²) in [5, 5.41) is 6.60. The van der Waals surface area contributed by atoms with E-state index >= 15 is 0 Å². The first-order valence-electron chi connectivity index (χ1n) is 6.20. The minimum Gasteiger partial charge on any atom is -0.361 e. The van der Waals surface area contributed by atoms with E-state index in [-0.39, 0.29) is 11.5 Å². The first kappa shape index (κ1) is 14.5. The zero-order chi connectivity index (χ0) is 14.0. The van der Waals surface area contributed by atoms with E-state index in [1.165, 1.54) is 0 Å². The Hall–Kier alpha value is -0.940.